The predicted molar refractivity (Wildman–Crippen MR) is 103 cm³/mol. The van der Waals surface area contributed by atoms with E-state index in [9.17, 15) is 9.59 Å². The van der Waals surface area contributed by atoms with E-state index in [4.69, 9.17) is 4.74 Å². The normalized spacial score (nSPS) is 13.7. The van der Waals surface area contributed by atoms with Gasteiger partial charge in [0.15, 0.2) is 5.82 Å². The Kier molecular flexibility index (Phi) is 5.07. The van der Waals surface area contributed by atoms with Gasteiger partial charge in [0.1, 0.15) is 5.60 Å². The van der Waals surface area contributed by atoms with Gasteiger partial charge >= 0.3 is 12.1 Å². The molecule has 0 radical (unpaired) electrons. The van der Waals surface area contributed by atoms with Crippen molar-refractivity contribution in [1.82, 2.24) is 15.1 Å². The third-order valence-electron chi connectivity index (χ3n) is 4.09. The Morgan fingerprint density at radius 2 is 2.04 bits per heavy atom. The number of hydrogen-bond acceptors (Lipinski definition) is 4. The van der Waals surface area contributed by atoms with Crippen LogP contribution in [0.4, 0.5) is 21.1 Å². The van der Waals surface area contributed by atoms with E-state index in [1.165, 1.54) is 0 Å². The number of hydrogen-bond donors (Lipinski definition) is 3. The first-order valence-corrected chi connectivity index (χ1v) is 8.90. The maximum absolute atomic E-state index is 12.3. The second-order valence-electron chi connectivity index (χ2n) is 7.63. The maximum Gasteiger partial charge on any atom is 0.410 e. The number of ether oxygens (including phenoxy) is 1. The van der Waals surface area contributed by atoms with Gasteiger partial charge in [-0.3, -0.25) is 10.4 Å². The molecule has 0 unspecified atom stereocenters. The molecule has 3 amide bonds. The predicted octanol–water partition coefficient (Wildman–Crippen LogP) is 3.66. The van der Waals surface area contributed by atoms with Crippen LogP contribution in [0.3, 0.4) is 0 Å². The minimum atomic E-state index is -0.553. The standard InChI is InChI=1S/C19H25N5O3/c1-12-6-5-7-13(10-12)20-17(25)21-16-14-11-24(9-8-15(14)22-23-16)18(26)27-19(2,3)4/h5-7,10H,8-9,11H2,1-4H3,(H3,20,21,22,23,25). The van der Waals surface area contributed by atoms with Gasteiger partial charge in [-0.15, -0.1) is 0 Å². The quantitative estimate of drug-likeness (QED) is 0.750. The number of H-pyrrole nitrogens is 1. The Labute approximate surface area is 158 Å². The monoisotopic (exact) mass is 371 g/mol. The van der Waals surface area contributed by atoms with Gasteiger partial charge in [-0.05, 0) is 45.4 Å². The highest BCUT2D eigenvalue weighted by Gasteiger charge is 2.29. The molecular formula is C19H25N5O3. The number of fused-ring (bicyclic) bond motifs is 1. The second-order valence-corrected chi connectivity index (χ2v) is 7.63. The third kappa shape index (κ3) is 4.78. The molecular weight excluding hydrogens is 346 g/mol. The summed E-state index contributed by atoms with van der Waals surface area (Å²) in [6.07, 6.45) is 0.257. The first-order valence-electron chi connectivity index (χ1n) is 8.90. The number of aromatic amines is 1. The van der Waals surface area contributed by atoms with Gasteiger partial charge in [0, 0.05) is 29.9 Å². The summed E-state index contributed by atoms with van der Waals surface area (Å²) < 4.78 is 5.44. The van der Waals surface area contributed by atoms with Crippen molar-refractivity contribution in [2.24, 2.45) is 0 Å². The van der Waals surface area contributed by atoms with Gasteiger partial charge in [0.2, 0.25) is 0 Å². The average molecular weight is 371 g/mol. The lowest BCUT2D eigenvalue weighted by Crippen LogP contribution is -2.40. The number of anilines is 2. The fourth-order valence-corrected chi connectivity index (χ4v) is 2.87. The van der Waals surface area contributed by atoms with Crippen LogP contribution in [-0.2, 0) is 17.7 Å². The number of carbonyl (C=O) groups excluding carboxylic acids is 2. The zero-order chi connectivity index (χ0) is 19.6. The van der Waals surface area contributed by atoms with Crippen LogP contribution in [0.1, 0.15) is 37.6 Å². The summed E-state index contributed by atoms with van der Waals surface area (Å²) in [5, 5.41) is 12.7. The van der Waals surface area contributed by atoms with E-state index < -0.39 is 5.60 Å². The molecule has 0 aliphatic carbocycles. The fraction of sp³-hybridized carbons (Fsp3) is 0.421. The molecule has 8 nitrogen and oxygen atoms in total. The SMILES string of the molecule is Cc1cccc(NC(=O)Nc2n[nH]c3c2CN(C(=O)OC(C)(C)C)CC3)c1. The van der Waals surface area contributed by atoms with Crippen LogP contribution in [0.2, 0.25) is 0 Å². The maximum atomic E-state index is 12.3. The molecule has 2 heterocycles. The summed E-state index contributed by atoms with van der Waals surface area (Å²) in [5.41, 5.74) is 2.92. The van der Waals surface area contributed by atoms with Crippen molar-refractivity contribution in [3.05, 3.63) is 41.1 Å². The number of amides is 3. The Bertz CT molecular complexity index is 853. The Hall–Kier alpha value is -3.03. The molecule has 0 saturated heterocycles. The summed E-state index contributed by atoms with van der Waals surface area (Å²) >= 11 is 0. The summed E-state index contributed by atoms with van der Waals surface area (Å²) in [7, 11) is 0. The van der Waals surface area contributed by atoms with E-state index in [0.717, 1.165) is 16.8 Å². The Balaban J connectivity index is 1.67. The number of nitrogens with one attached hydrogen (secondary N) is 3. The zero-order valence-electron chi connectivity index (χ0n) is 16.0. The summed E-state index contributed by atoms with van der Waals surface area (Å²) in [4.78, 5) is 26.2. The highest BCUT2D eigenvalue weighted by molar-refractivity contribution is 5.99. The van der Waals surface area contributed by atoms with E-state index in [1.807, 2.05) is 52.0 Å². The number of urea groups is 1. The molecule has 8 heteroatoms. The van der Waals surface area contributed by atoms with Gasteiger partial charge in [0.25, 0.3) is 0 Å². The molecule has 144 valence electrons. The van der Waals surface area contributed by atoms with Crippen LogP contribution in [-0.4, -0.2) is 39.4 Å². The van der Waals surface area contributed by atoms with Gasteiger partial charge in [-0.25, -0.2) is 9.59 Å². The van der Waals surface area contributed by atoms with Gasteiger partial charge in [-0.2, -0.15) is 5.10 Å². The Morgan fingerprint density at radius 3 is 2.74 bits per heavy atom. The molecule has 1 aliphatic rings. The molecule has 0 bridgehead atoms. The third-order valence-corrected chi connectivity index (χ3v) is 4.09. The van der Waals surface area contributed by atoms with Crippen molar-refractivity contribution in [2.45, 2.75) is 46.3 Å². The molecule has 1 aromatic heterocycles. The fourth-order valence-electron chi connectivity index (χ4n) is 2.87. The summed E-state index contributed by atoms with van der Waals surface area (Å²) in [6.45, 7) is 8.33. The molecule has 0 spiro atoms. The second kappa shape index (κ2) is 7.30. The van der Waals surface area contributed by atoms with Crippen LogP contribution in [0, 0.1) is 6.92 Å². The first-order chi connectivity index (χ1) is 12.7. The Morgan fingerprint density at radius 1 is 1.26 bits per heavy atom. The van der Waals surface area contributed by atoms with Crippen molar-refractivity contribution in [3.8, 4) is 0 Å². The number of aromatic nitrogens is 2. The lowest BCUT2D eigenvalue weighted by Gasteiger charge is -2.30. The van der Waals surface area contributed by atoms with Crippen molar-refractivity contribution in [1.29, 1.82) is 0 Å². The molecule has 0 atom stereocenters. The minimum Gasteiger partial charge on any atom is -0.444 e. The van der Waals surface area contributed by atoms with Gasteiger partial charge < -0.3 is 15.0 Å². The average Bonchev–Trinajstić information content (AvgIpc) is 2.95. The van der Waals surface area contributed by atoms with Crippen LogP contribution in [0.5, 0.6) is 0 Å². The number of benzene rings is 1. The van der Waals surface area contributed by atoms with Crippen molar-refractivity contribution in [3.63, 3.8) is 0 Å². The number of nitrogens with zero attached hydrogens (tertiary/aromatic N) is 2. The molecule has 27 heavy (non-hydrogen) atoms. The van der Waals surface area contributed by atoms with Crippen LogP contribution < -0.4 is 10.6 Å². The largest absolute Gasteiger partial charge is 0.444 e. The lowest BCUT2D eigenvalue weighted by atomic mass is 10.1. The molecule has 3 rings (SSSR count). The molecule has 3 N–H and O–H groups in total. The van der Waals surface area contributed by atoms with E-state index in [1.54, 1.807) is 4.90 Å². The van der Waals surface area contributed by atoms with Crippen molar-refractivity contribution >= 4 is 23.6 Å². The topological polar surface area (TPSA) is 99.4 Å². The summed E-state index contributed by atoms with van der Waals surface area (Å²) in [6, 6.07) is 7.14. The number of rotatable bonds is 2. The zero-order valence-corrected chi connectivity index (χ0v) is 16.0. The minimum absolute atomic E-state index is 0.334. The lowest BCUT2D eigenvalue weighted by molar-refractivity contribution is 0.0224. The number of aryl methyl sites for hydroxylation is 1. The number of carbonyl (C=O) groups is 2. The van der Waals surface area contributed by atoms with Gasteiger partial charge in [-0.1, -0.05) is 12.1 Å². The van der Waals surface area contributed by atoms with E-state index >= 15 is 0 Å². The highest BCUT2D eigenvalue weighted by atomic mass is 16.6. The smallest absolute Gasteiger partial charge is 0.410 e. The van der Waals surface area contributed by atoms with E-state index in [0.29, 0.717) is 31.0 Å². The molecule has 0 fully saturated rings. The molecule has 1 aliphatic heterocycles. The summed E-state index contributed by atoms with van der Waals surface area (Å²) in [5.74, 6) is 0.420. The molecule has 0 saturated carbocycles. The van der Waals surface area contributed by atoms with Crippen LogP contribution in [0.25, 0.3) is 0 Å². The first kappa shape index (κ1) is 18.8. The highest BCUT2D eigenvalue weighted by Crippen LogP contribution is 2.25. The van der Waals surface area contributed by atoms with E-state index in [-0.39, 0.29) is 12.1 Å². The van der Waals surface area contributed by atoms with Gasteiger partial charge in [0.05, 0.1) is 6.54 Å². The molecule has 1 aromatic carbocycles. The van der Waals surface area contributed by atoms with Crippen molar-refractivity contribution in [2.75, 3.05) is 17.2 Å². The molecule has 2 aromatic rings. The van der Waals surface area contributed by atoms with Crippen molar-refractivity contribution < 1.29 is 14.3 Å². The van der Waals surface area contributed by atoms with Crippen LogP contribution in [0.15, 0.2) is 24.3 Å². The van der Waals surface area contributed by atoms with E-state index in [2.05, 4.69) is 20.8 Å². The van der Waals surface area contributed by atoms with Crippen LogP contribution >= 0.6 is 0 Å².